The summed E-state index contributed by atoms with van der Waals surface area (Å²) >= 11 is 16.7. The third-order valence-corrected chi connectivity index (χ3v) is 3.84. The summed E-state index contributed by atoms with van der Waals surface area (Å²) in [5.74, 6) is -0.344. The fourth-order valence-electron chi connectivity index (χ4n) is 1.87. The van der Waals surface area contributed by atoms with Gasteiger partial charge in [0.25, 0.3) is 0 Å². The number of hydrogen-bond acceptors (Lipinski definition) is 1. The molecule has 0 amide bonds. The average Bonchev–Trinajstić information content (AvgIpc) is 2.48. The van der Waals surface area contributed by atoms with Gasteiger partial charge < -0.3 is 10.6 Å². The largest absolute Gasteiger partial charge is 0.362 e. The third-order valence-electron chi connectivity index (χ3n) is 3.07. The van der Waals surface area contributed by atoms with Gasteiger partial charge in [0.1, 0.15) is 5.82 Å². The van der Waals surface area contributed by atoms with E-state index in [1.54, 1.807) is 12.1 Å². The maximum Gasteiger partial charge on any atom is 0.166 e. The highest BCUT2D eigenvalue weighted by atomic mass is 35.5. The molecule has 2 nitrogen and oxygen atoms in total. The summed E-state index contributed by atoms with van der Waals surface area (Å²) < 4.78 is 13.6. The van der Waals surface area contributed by atoms with Gasteiger partial charge in [0.2, 0.25) is 0 Å². The number of thiocarbonyl (C=S) groups is 1. The summed E-state index contributed by atoms with van der Waals surface area (Å²) in [7, 11) is 0. The van der Waals surface area contributed by atoms with E-state index in [0.29, 0.717) is 28.8 Å². The Balaban J connectivity index is 1.72. The molecule has 0 saturated heterocycles. The molecule has 0 aliphatic rings. The monoisotopic (exact) mass is 356 g/mol. The van der Waals surface area contributed by atoms with Gasteiger partial charge in [0, 0.05) is 28.7 Å². The molecule has 2 N–H and O–H groups in total. The topological polar surface area (TPSA) is 24.1 Å². The molecule has 2 rings (SSSR count). The molecule has 0 aromatic heterocycles. The van der Waals surface area contributed by atoms with Gasteiger partial charge in [-0.15, -0.1) is 0 Å². The minimum atomic E-state index is -0.344. The van der Waals surface area contributed by atoms with Crippen LogP contribution in [0.15, 0.2) is 42.5 Å². The van der Waals surface area contributed by atoms with Crippen molar-refractivity contribution in [1.82, 2.24) is 10.6 Å². The minimum absolute atomic E-state index is 0.315. The van der Waals surface area contributed by atoms with Gasteiger partial charge in [-0.2, -0.15) is 0 Å². The first-order valence-corrected chi connectivity index (χ1v) is 7.91. The Morgan fingerprint density at radius 3 is 2.36 bits per heavy atom. The highest BCUT2D eigenvalue weighted by Crippen LogP contribution is 2.14. The Bertz CT molecular complexity index is 647. The van der Waals surface area contributed by atoms with E-state index in [4.69, 9.17) is 35.4 Å². The van der Waals surface area contributed by atoms with Gasteiger partial charge in [-0.25, -0.2) is 4.39 Å². The van der Waals surface area contributed by atoms with Crippen LogP contribution in [0.2, 0.25) is 10.0 Å². The summed E-state index contributed by atoms with van der Waals surface area (Å²) in [6.07, 6.45) is 0.828. The maximum atomic E-state index is 13.6. The van der Waals surface area contributed by atoms with Crippen LogP contribution in [0.25, 0.3) is 0 Å². The SMILES string of the molecule is Fc1cc(Cl)ccc1CNC(=S)NCCc1ccc(Cl)cc1. The van der Waals surface area contributed by atoms with Crippen LogP contribution in [0.1, 0.15) is 11.1 Å². The van der Waals surface area contributed by atoms with Crippen LogP contribution < -0.4 is 10.6 Å². The average molecular weight is 357 g/mol. The quantitative estimate of drug-likeness (QED) is 0.779. The summed E-state index contributed by atoms with van der Waals surface area (Å²) in [5.41, 5.74) is 1.69. The van der Waals surface area contributed by atoms with Crippen molar-refractivity contribution in [2.24, 2.45) is 0 Å². The van der Waals surface area contributed by atoms with Gasteiger partial charge in [-0.05, 0) is 48.5 Å². The van der Waals surface area contributed by atoms with Crippen LogP contribution in [0, 0.1) is 5.82 Å². The van der Waals surface area contributed by atoms with E-state index in [2.05, 4.69) is 10.6 Å². The van der Waals surface area contributed by atoms with Crippen molar-refractivity contribution >= 4 is 40.5 Å². The summed E-state index contributed by atoms with van der Waals surface area (Å²) in [4.78, 5) is 0. The zero-order chi connectivity index (χ0) is 15.9. The Hall–Kier alpha value is -1.36. The van der Waals surface area contributed by atoms with Crippen molar-refractivity contribution in [3.63, 3.8) is 0 Å². The molecule has 22 heavy (non-hydrogen) atoms. The zero-order valence-corrected chi connectivity index (χ0v) is 14.0. The second kappa shape index (κ2) is 8.32. The molecule has 0 radical (unpaired) electrons. The second-order valence-electron chi connectivity index (χ2n) is 4.72. The third kappa shape index (κ3) is 5.44. The van der Waals surface area contributed by atoms with Gasteiger partial charge >= 0.3 is 0 Å². The lowest BCUT2D eigenvalue weighted by atomic mass is 10.1. The van der Waals surface area contributed by atoms with E-state index in [9.17, 15) is 4.39 Å². The summed E-state index contributed by atoms with van der Waals surface area (Å²) in [6, 6.07) is 12.2. The summed E-state index contributed by atoms with van der Waals surface area (Å²) in [5, 5.41) is 7.65. The summed E-state index contributed by atoms with van der Waals surface area (Å²) in [6.45, 7) is 1.01. The minimum Gasteiger partial charge on any atom is -0.362 e. The van der Waals surface area contributed by atoms with Gasteiger partial charge in [0.15, 0.2) is 5.11 Å². The van der Waals surface area contributed by atoms with Crippen molar-refractivity contribution in [1.29, 1.82) is 0 Å². The molecule has 0 fully saturated rings. The van der Waals surface area contributed by atoms with Crippen molar-refractivity contribution in [3.8, 4) is 0 Å². The molecule has 6 heteroatoms. The number of benzene rings is 2. The normalized spacial score (nSPS) is 10.3. The highest BCUT2D eigenvalue weighted by Gasteiger charge is 2.03. The fraction of sp³-hybridized carbons (Fsp3) is 0.188. The van der Waals surface area contributed by atoms with E-state index < -0.39 is 0 Å². The standard InChI is InChI=1S/C16H15Cl2FN2S/c17-13-4-1-11(2-5-13)7-8-20-16(22)21-10-12-3-6-14(18)9-15(12)19/h1-6,9H,7-8,10H2,(H2,20,21,22). The first kappa shape index (κ1) is 17.0. The molecule has 0 atom stereocenters. The van der Waals surface area contributed by atoms with Crippen LogP contribution in [0.5, 0.6) is 0 Å². The van der Waals surface area contributed by atoms with Crippen molar-refractivity contribution in [3.05, 3.63) is 69.5 Å². The van der Waals surface area contributed by atoms with Crippen LogP contribution in [-0.2, 0) is 13.0 Å². The van der Waals surface area contributed by atoms with Gasteiger partial charge in [-0.1, -0.05) is 41.4 Å². The number of nitrogens with one attached hydrogen (secondary N) is 2. The first-order chi connectivity index (χ1) is 10.5. The van der Waals surface area contributed by atoms with Crippen molar-refractivity contribution < 1.29 is 4.39 Å². The van der Waals surface area contributed by atoms with Crippen molar-refractivity contribution in [2.75, 3.05) is 6.54 Å². The molecule has 116 valence electrons. The molecule has 0 aliphatic carbocycles. The first-order valence-electron chi connectivity index (χ1n) is 6.74. The smallest absolute Gasteiger partial charge is 0.166 e. The van der Waals surface area contributed by atoms with E-state index in [1.165, 1.54) is 11.6 Å². The fourth-order valence-corrected chi connectivity index (χ4v) is 2.33. The molecule has 0 saturated carbocycles. The molecule has 2 aromatic carbocycles. The highest BCUT2D eigenvalue weighted by molar-refractivity contribution is 7.80. The van der Waals surface area contributed by atoms with E-state index in [0.717, 1.165) is 11.4 Å². The molecule has 0 bridgehead atoms. The van der Waals surface area contributed by atoms with Crippen LogP contribution >= 0.6 is 35.4 Å². The number of rotatable bonds is 5. The lowest BCUT2D eigenvalue weighted by molar-refractivity contribution is 0.605. The zero-order valence-electron chi connectivity index (χ0n) is 11.7. The van der Waals surface area contributed by atoms with Crippen molar-refractivity contribution in [2.45, 2.75) is 13.0 Å². The lowest BCUT2D eigenvalue weighted by Crippen LogP contribution is -2.36. The Labute approximate surface area is 144 Å². The molecule has 0 heterocycles. The lowest BCUT2D eigenvalue weighted by Gasteiger charge is -2.11. The predicted octanol–water partition coefficient (Wildman–Crippen LogP) is 4.34. The molecule has 0 spiro atoms. The molecule has 0 unspecified atom stereocenters. The molecular formula is C16H15Cl2FN2S. The van der Waals surface area contributed by atoms with Crippen LogP contribution in [-0.4, -0.2) is 11.7 Å². The number of halogens is 3. The van der Waals surface area contributed by atoms with Gasteiger partial charge in [-0.3, -0.25) is 0 Å². The second-order valence-corrected chi connectivity index (χ2v) is 6.00. The van der Waals surface area contributed by atoms with E-state index in [1.807, 2.05) is 24.3 Å². The van der Waals surface area contributed by atoms with Crippen LogP contribution in [0.3, 0.4) is 0 Å². The molecule has 0 aliphatic heterocycles. The van der Waals surface area contributed by atoms with Gasteiger partial charge in [0.05, 0.1) is 0 Å². The van der Waals surface area contributed by atoms with E-state index >= 15 is 0 Å². The Kier molecular flexibility index (Phi) is 6.43. The molecular weight excluding hydrogens is 342 g/mol. The van der Waals surface area contributed by atoms with Crippen LogP contribution in [0.4, 0.5) is 4.39 Å². The van der Waals surface area contributed by atoms with E-state index in [-0.39, 0.29) is 5.82 Å². The Morgan fingerprint density at radius 2 is 1.68 bits per heavy atom. The number of hydrogen-bond donors (Lipinski definition) is 2. The Morgan fingerprint density at radius 1 is 1.00 bits per heavy atom. The maximum absolute atomic E-state index is 13.6. The predicted molar refractivity (Wildman–Crippen MR) is 94.0 cm³/mol. The molecule has 2 aromatic rings.